The molecule has 0 radical (unpaired) electrons. The minimum Gasteiger partial charge on any atom is -0.383 e. The Bertz CT molecular complexity index is 482. The predicted molar refractivity (Wildman–Crippen MR) is 81.3 cm³/mol. The van der Waals surface area contributed by atoms with Crippen LogP contribution in [0.2, 0.25) is 0 Å². The van der Waals surface area contributed by atoms with Gasteiger partial charge >= 0.3 is 0 Å². The van der Waals surface area contributed by atoms with Crippen LogP contribution in [0.5, 0.6) is 0 Å². The lowest BCUT2D eigenvalue weighted by Gasteiger charge is -2.16. The van der Waals surface area contributed by atoms with Crippen molar-refractivity contribution in [1.29, 1.82) is 0 Å². The van der Waals surface area contributed by atoms with E-state index in [2.05, 4.69) is 11.6 Å². The smallest absolute Gasteiger partial charge is 0.240 e. The van der Waals surface area contributed by atoms with Crippen molar-refractivity contribution in [3.05, 3.63) is 29.8 Å². The molecule has 0 aliphatic carbocycles. The molecule has 1 aromatic carbocycles. The zero-order valence-corrected chi connectivity index (χ0v) is 13.4. The molecular weight excluding hydrogens is 274 g/mol. The summed E-state index contributed by atoms with van der Waals surface area (Å²) in [6, 6.07) is 6.94. The Kier molecular flexibility index (Phi) is 7.19. The minimum atomic E-state index is -3.46. The second-order valence-corrected chi connectivity index (χ2v) is 6.64. The van der Waals surface area contributed by atoms with Crippen molar-refractivity contribution in [2.75, 3.05) is 13.7 Å². The molecule has 0 aromatic heterocycles. The first-order chi connectivity index (χ1) is 9.53. The largest absolute Gasteiger partial charge is 0.383 e. The van der Waals surface area contributed by atoms with Gasteiger partial charge in [-0.3, -0.25) is 0 Å². The van der Waals surface area contributed by atoms with Gasteiger partial charge in [0.2, 0.25) is 10.0 Å². The summed E-state index contributed by atoms with van der Waals surface area (Å²) in [6.07, 6.45) is 3.94. The zero-order chi connectivity index (χ0) is 15.0. The Morgan fingerprint density at radius 2 is 1.85 bits per heavy atom. The van der Waals surface area contributed by atoms with Crippen molar-refractivity contribution in [3.8, 4) is 0 Å². The number of ether oxygens (including phenoxy) is 1. The van der Waals surface area contributed by atoms with Gasteiger partial charge in [0.15, 0.2) is 0 Å². The first kappa shape index (κ1) is 17.1. The Morgan fingerprint density at radius 3 is 2.35 bits per heavy atom. The monoisotopic (exact) mass is 299 g/mol. The molecule has 0 aliphatic rings. The summed E-state index contributed by atoms with van der Waals surface area (Å²) in [6.45, 7) is 4.45. The first-order valence-electron chi connectivity index (χ1n) is 7.13. The molecule has 0 aliphatic heterocycles. The molecule has 0 spiro atoms. The number of sulfonamides is 1. The molecule has 20 heavy (non-hydrogen) atoms. The first-order valence-corrected chi connectivity index (χ1v) is 8.62. The third-order valence-corrected chi connectivity index (χ3v) is 4.77. The van der Waals surface area contributed by atoms with Crippen LogP contribution >= 0.6 is 0 Å². The molecule has 114 valence electrons. The molecule has 1 N–H and O–H groups in total. The lowest BCUT2D eigenvalue weighted by Crippen LogP contribution is -2.37. The summed E-state index contributed by atoms with van der Waals surface area (Å²) < 4.78 is 32.2. The molecule has 1 unspecified atom stereocenters. The molecular formula is C15H25NO3S. The van der Waals surface area contributed by atoms with Gasteiger partial charge in [-0.2, -0.15) is 0 Å². The van der Waals surface area contributed by atoms with Crippen molar-refractivity contribution >= 4 is 10.0 Å². The maximum absolute atomic E-state index is 12.2. The van der Waals surface area contributed by atoms with E-state index in [-0.39, 0.29) is 6.04 Å². The van der Waals surface area contributed by atoms with Crippen molar-refractivity contribution in [1.82, 2.24) is 4.72 Å². The van der Waals surface area contributed by atoms with E-state index in [1.807, 2.05) is 19.1 Å². The van der Waals surface area contributed by atoms with Gasteiger partial charge < -0.3 is 4.74 Å². The summed E-state index contributed by atoms with van der Waals surface area (Å²) in [5, 5.41) is 0. The average molecular weight is 299 g/mol. The van der Waals surface area contributed by atoms with Gasteiger partial charge in [0.25, 0.3) is 0 Å². The van der Waals surface area contributed by atoms with Gasteiger partial charge in [-0.05, 0) is 37.0 Å². The van der Waals surface area contributed by atoms with Crippen LogP contribution in [0, 0.1) is 0 Å². The summed E-state index contributed by atoms with van der Waals surface area (Å²) in [7, 11) is -1.89. The van der Waals surface area contributed by atoms with E-state index >= 15 is 0 Å². The fourth-order valence-electron chi connectivity index (χ4n) is 1.94. The highest BCUT2D eigenvalue weighted by molar-refractivity contribution is 7.89. The normalized spacial score (nSPS) is 13.3. The fraction of sp³-hybridized carbons (Fsp3) is 0.600. The molecule has 0 bridgehead atoms. The minimum absolute atomic E-state index is 0.190. The molecule has 0 fully saturated rings. The maximum atomic E-state index is 12.2. The second kappa shape index (κ2) is 8.39. The van der Waals surface area contributed by atoms with Crippen LogP contribution in [-0.4, -0.2) is 28.2 Å². The topological polar surface area (TPSA) is 55.4 Å². The Labute approximate surface area is 122 Å². The van der Waals surface area contributed by atoms with Gasteiger partial charge in [-0.1, -0.05) is 32.4 Å². The number of hydrogen-bond donors (Lipinski definition) is 1. The van der Waals surface area contributed by atoms with Crippen LogP contribution in [0.25, 0.3) is 0 Å². The fourth-order valence-corrected chi connectivity index (χ4v) is 3.24. The number of rotatable bonds is 9. The van der Waals surface area contributed by atoms with E-state index in [0.29, 0.717) is 17.9 Å². The van der Waals surface area contributed by atoms with E-state index < -0.39 is 10.0 Å². The Balaban J connectivity index is 2.76. The summed E-state index contributed by atoms with van der Waals surface area (Å²) in [5.74, 6) is 0. The highest BCUT2D eigenvalue weighted by Gasteiger charge is 2.18. The summed E-state index contributed by atoms with van der Waals surface area (Å²) in [4.78, 5) is 0.312. The highest BCUT2D eigenvalue weighted by atomic mass is 32.2. The molecule has 5 heteroatoms. The summed E-state index contributed by atoms with van der Waals surface area (Å²) >= 11 is 0. The van der Waals surface area contributed by atoms with E-state index in [1.54, 1.807) is 19.2 Å². The molecule has 1 aromatic rings. The van der Waals surface area contributed by atoms with Crippen LogP contribution in [-0.2, 0) is 21.2 Å². The Morgan fingerprint density at radius 1 is 1.20 bits per heavy atom. The SMILES string of the molecule is CCCCc1ccc(S(=O)(=O)NC(CC)COC)cc1. The van der Waals surface area contributed by atoms with Crippen LogP contribution in [0.4, 0.5) is 0 Å². The molecule has 4 nitrogen and oxygen atoms in total. The second-order valence-electron chi connectivity index (χ2n) is 4.93. The van der Waals surface area contributed by atoms with Gasteiger partial charge in [0.05, 0.1) is 11.5 Å². The zero-order valence-electron chi connectivity index (χ0n) is 12.6. The molecule has 1 rings (SSSR count). The third kappa shape index (κ3) is 5.23. The molecule has 0 saturated heterocycles. The number of nitrogens with one attached hydrogen (secondary N) is 1. The molecule has 1 atom stereocenters. The third-order valence-electron chi connectivity index (χ3n) is 3.24. The van der Waals surface area contributed by atoms with Crippen molar-refractivity contribution in [3.63, 3.8) is 0 Å². The number of methoxy groups -OCH3 is 1. The van der Waals surface area contributed by atoms with Gasteiger partial charge in [0, 0.05) is 13.2 Å². The van der Waals surface area contributed by atoms with Crippen molar-refractivity contribution in [2.45, 2.75) is 50.5 Å². The lowest BCUT2D eigenvalue weighted by molar-refractivity contribution is 0.173. The molecule has 0 heterocycles. The Hall–Kier alpha value is -0.910. The highest BCUT2D eigenvalue weighted by Crippen LogP contribution is 2.13. The van der Waals surface area contributed by atoms with Gasteiger partial charge in [-0.25, -0.2) is 13.1 Å². The maximum Gasteiger partial charge on any atom is 0.240 e. The van der Waals surface area contributed by atoms with Gasteiger partial charge in [0.1, 0.15) is 0 Å². The van der Waals surface area contributed by atoms with Crippen LogP contribution in [0.3, 0.4) is 0 Å². The van der Waals surface area contributed by atoms with E-state index in [4.69, 9.17) is 4.74 Å². The molecule has 0 amide bonds. The van der Waals surface area contributed by atoms with Crippen molar-refractivity contribution in [2.24, 2.45) is 0 Å². The predicted octanol–water partition coefficient (Wildman–Crippen LogP) is 2.73. The lowest BCUT2D eigenvalue weighted by atomic mass is 10.1. The van der Waals surface area contributed by atoms with E-state index in [9.17, 15) is 8.42 Å². The molecule has 0 saturated carbocycles. The van der Waals surface area contributed by atoms with Crippen LogP contribution in [0.1, 0.15) is 38.7 Å². The van der Waals surface area contributed by atoms with Crippen molar-refractivity contribution < 1.29 is 13.2 Å². The standard InChI is InChI=1S/C15H25NO3S/c1-4-6-7-13-8-10-15(11-9-13)20(17,18)16-14(5-2)12-19-3/h8-11,14,16H,4-7,12H2,1-3H3. The van der Waals surface area contributed by atoms with E-state index in [1.165, 1.54) is 5.56 Å². The summed E-state index contributed by atoms with van der Waals surface area (Å²) in [5.41, 5.74) is 1.18. The van der Waals surface area contributed by atoms with Gasteiger partial charge in [-0.15, -0.1) is 0 Å². The number of unbranched alkanes of at least 4 members (excludes halogenated alkanes) is 1. The quantitative estimate of drug-likeness (QED) is 0.763. The van der Waals surface area contributed by atoms with Crippen LogP contribution < -0.4 is 4.72 Å². The van der Waals surface area contributed by atoms with Crippen LogP contribution in [0.15, 0.2) is 29.2 Å². The number of aryl methyl sites for hydroxylation is 1. The number of benzene rings is 1. The van der Waals surface area contributed by atoms with E-state index in [0.717, 1.165) is 19.3 Å². The average Bonchev–Trinajstić information content (AvgIpc) is 2.45. The number of hydrogen-bond acceptors (Lipinski definition) is 3.